The Morgan fingerprint density at radius 1 is 1.27 bits per heavy atom. The number of nitro benzene ring substituents is 1. The topological polar surface area (TPSA) is 92.7 Å². The Hall–Kier alpha value is -1.99. The summed E-state index contributed by atoms with van der Waals surface area (Å²) in [5.41, 5.74) is 5.95. The Bertz CT molecular complexity index is 596. The molecule has 2 N–H and O–H groups in total. The van der Waals surface area contributed by atoms with E-state index in [0.29, 0.717) is 12.6 Å². The smallest absolute Gasteiger partial charge is 0.282 e. The molecule has 3 aliphatic heterocycles. The minimum absolute atomic E-state index is 0.00892. The van der Waals surface area contributed by atoms with Gasteiger partial charge in [0.1, 0.15) is 5.56 Å². The third kappa shape index (κ3) is 2.95. The number of hydrogen-bond donors (Lipinski definition) is 1. The molecule has 3 saturated heterocycles. The van der Waals surface area contributed by atoms with Gasteiger partial charge in [0.25, 0.3) is 11.6 Å². The van der Waals surface area contributed by atoms with Gasteiger partial charge in [-0.2, -0.15) is 0 Å². The number of carbonyl (C=O) groups excluding carboxylic acids is 1. The lowest BCUT2D eigenvalue weighted by atomic mass is 10.0. The van der Waals surface area contributed by atoms with E-state index in [2.05, 4.69) is 9.80 Å². The maximum atomic E-state index is 11.5. The van der Waals surface area contributed by atoms with Crippen LogP contribution >= 0.6 is 0 Å². The molecule has 1 amide bonds. The zero-order valence-corrected chi connectivity index (χ0v) is 12.4. The number of hydrogen-bond acceptors (Lipinski definition) is 5. The first-order chi connectivity index (χ1) is 10.5. The van der Waals surface area contributed by atoms with Gasteiger partial charge in [-0.25, -0.2) is 0 Å². The summed E-state index contributed by atoms with van der Waals surface area (Å²) in [5.74, 6) is -0.753. The summed E-state index contributed by atoms with van der Waals surface area (Å²) in [6, 6.07) is 5.24. The number of nitro groups is 1. The van der Waals surface area contributed by atoms with Gasteiger partial charge in [0, 0.05) is 31.7 Å². The summed E-state index contributed by atoms with van der Waals surface area (Å²) in [7, 11) is 0. The van der Waals surface area contributed by atoms with E-state index in [1.54, 1.807) is 12.1 Å². The Balaban J connectivity index is 1.81. The zero-order valence-electron chi connectivity index (χ0n) is 12.4. The normalized spacial score (nSPS) is 24.9. The predicted molar refractivity (Wildman–Crippen MR) is 81.5 cm³/mol. The molecule has 0 unspecified atom stereocenters. The van der Waals surface area contributed by atoms with Crippen LogP contribution in [0.2, 0.25) is 0 Å². The van der Waals surface area contributed by atoms with Gasteiger partial charge in [0.2, 0.25) is 0 Å². The van der Waals surface area contributed by atoms with Crippen LogP contribution in [0.3, 0.4) is 0 Å². The van der Waals surface area contributed by atoms with Crippen molar-refractivity contribution in [1.29, 1.82) is 0 Å². The number of benzene rings is 1. The highest BCUT2D eigenvalue weighted by atomic mass is 16.6. The standard InChI is InChI=1S/C15H20N4O3/c16-15(20)13-9-11(1-2-14(13)19(21)22)10-18-8-7-17-5-3-12(18)4-6-17/h1-2,9,12H,3-8,10H2,(H2,16,20). The summed E-state index contributed by atoms with van der Waals surface area (Å²) in [5, 5.41) is 11.0. The van der Waals surface area contributed by atoms with Crippen LogP contribution in [0.4, 0.5) is 5.69 Å². The van der Waals surface area contributed by atoms with Crippen molar-refractivity contribution in [3.63, 3.8) is 0 Å². The quantitative estimate of drug-likeness (QED) is 0.661. The molecule has 7 nitrogen and oxygen atoms in total. The maximum absolute atomic E-state index is 11.5. The Labute approximate surface area is 128 Å². The van der Waals surface area contributed by atoms with E-state index >= 15 is 0 Å². The van der Waals surface area contributed by atoms with Gasteiger partial charge in [-0.3, -0.25) is 19.8 Å². The second-order valence-electron chi connectivity index (χ2n) is 6.02. The number of fused-ring (bicyclic) bond motifs is 4. The maximum Gasteiger partial charge on any atom is 0.282 e. The minimum Gasteiger partial charge on any atom is -0.365 e. The highest BCUT2D eigenvalue weighted by molar-refractivity contribution is 5.97. The van der Waals surface area contributed by atoms with Crippen molar-refractivity contribution in [2.45, 2.75) is 25.4 Å². The van der Waals surface area contributed by atoms with Crippen molar-refractivity contribution in [2.24, 2.45) is 5.73 Å². The summed E-state index contributed by atoms with van der Waals surface area (Å²) >= 11 is 0. The number of primary amides is 1. The number of amides is 1. The number of nitrogens with zero attached hydrogens (tertiary/aromatic N) is 3. The second kappa shape index (κ2) is 6.02. The largest absolute Gasteiger partial charge is 0.365 e. The van der Waals surface area contributed by atoms with E-state index in [4.69, 9.17) is 5.73 Å². The number of piperidine rings is 1. The lowest BCUT2D eigenvalue weighted by Crippen LogP contribution is -2.37. The average Bonchev–Trinajstić information content (AvgIpc) is 2.80. The number of nitrogens with two attached hydrogens (primary N) is 1. The molecule has 3 aliphatic rings. The molecule has 7 heteroatoms. The minimum atomic E-state index is -0.753. The van der Waals surface area contributed by atoms with Crippen molar-refractivity contribution in [3.8, 4) is 0 Å². The van der Waals surface area contributed by atoms with Crippen LogP contribution in [-0.4, -0.2) is 52.9 Å². The molecule has 0 aliphatic carbocycles. The summed E-state index contributed by atoms with van der Waals surface area (Å²) in [6.45, 7) is 5.05. The Morgan fingerprint density at radius 3 is 2.64 bits per heavy atom. The van der Waals surface area contributed by atoms with E-state index < -0.39 is 10.8 Å². The highest BCUT2D eigenvalue weighted by Crippen LogP contribution is 2.25. The molecule has 0 spiro atoms. The number of rotatable bonds is 4. The van der Waals surface area contributed by atoms with Crippen LogP contribution in [0.1, 0.15) is 28.8 Å². The average molecular weight is 304 g/mol. The molecule has 0 atom stereocenters. The van der Waals surface area contributed by atoms with Gasteiger partial charge in [-0.05, 0) is 37.6 Å². The van der Waals surface area contributed by atoms with Crippen LogP contribution in [-0.2, 0) is 6.54 Å². The van der Waals surface area contributed by atoms with Crippen molar-refractivity contribution in [1.82, 2.24) is 9.80 Å². The fourth-order valence-corrected chi connectivity index (χ4v) is 3.44. The third-order valence-corrected chi connectivity index (χ3v) is 4.69. The van der Waals surface area contributed by atoms with Crippen LogP contribution < -0.4 is 5.73 Å². The van der Waals surface area contributed by atoms with Crippen LogP contribution in [0.25, 0.3) is 0 Å². The van der Waals surface area contributed by atoms with E-state index in [-0.39, 0.29) is 11.3 Å². The molecular formula is C15H20N4O3. The van der Waals surface area contributed by atoms with E-state index in [0.717, 1.165) is 44.6 Å². The van der Waals surface area contributed by atoms with Gasteiger partial charge in [0.05, 0.1) is 4.92 Å². The van der Waals surface area contributed by atoms with Gasteiger partial charge in [-0.15, -0.1) is 0 Å². The van der Waals surface area contributed by atoms with Crippen molar-refractivity contribution in [3.05, 3.63) is 39.4 Å². The fraction of sp³-hybridized carbons (Fsp3) is 0.533. The van der Waals surface area contributed by atoms with E-state index in [1.165, 1.54) is 6.07 Å². The van der Waals surface area contributed by atoms with Crippen molar-refractivity contribution in [2.75, 3.05) is 26.2 Å². The molecule has 0 aromatic heterocycles. The van der Waals surface area contributed by atoms with Crippen molar-refractivity contribution < 1.29 is 9.72 Å². The molecule has 0 radical (unpaired) electrons. The monoisotopic (exact) mass is 304 g/mol. The predicted octanol–water partition coefficient (Wildman–Crippen LogP) is 0.974. The Morgan fingerprint density at radius 2 is 2.00 bits per heavy atom. The van der Waals surface area contributed by atoms with Crippen molar-refractivity contribution >= 4 is 11.6 Å². The molecule has 118 valence electrons. The first-order valence-electron chi connectivity index (χ1n) is 7.58. The van der Waals surface area contributed by atoms with Crippen LogP contribution in [0.15, 0.2) is 18.2 Å². The van der Waals surface area contributed by atoms with Gasteiger partial charge in [-0.1, -0.05) is 6.07 Å². The lowest BCUT2D eigenvalue weighted by Gasteiger charge is -2.31. The Kier molecular flexibility index (Phi) is 4.08. The molecule has 2 bridgehead atoms. The molecule has 3 fully saturated rings. The van der Waals surface area contributed by atoms with E-state index in [9.17, 15) is 14.9 Å². The zero-order chi connectivity index (χ0) is 15.7. The third-order valence-electron chi connectivity index (χ3n) is 4.69. The van der Waals surface area contributed by atoms with Crippen LogP contribution in [0.5, 0.6) is 0 Å². The number of carbonyl (C=O) groups is 1. The lowest BCUT2D eigenvalue weighted by molar-refractivity contribution is -0.385. The molecule has 0 saturated carbocycles. The molecule has 22 heavy (non-hydrogen) atoms. The molecular weight excluding hydrogens is 284 g/mol. The highest BCUT2D eigenvalue weighted by Gasteiger charge is 2.29. The molecule has 1 aromatic rings. The van der Waals surface area contributed by atoms with Gasteiger partial charge in [0.15, 0.2) is 0 Å². The summed E-state index contributed by atoms with van der Waals surface area (Å²) < 4.78 is 0. The summed E-state index contributed by atoms with van der Waals surface area (Å²) in [6.07, 6.45) is 2.32. The van der Waals surface area contributed by atoms with Crippen LogP contribution in [0, 0.1) is 10.1 Å². The fourth-order valence-electron chi connectivity index (χ4n) is 3.44. The molecule has 3 heterocycles. The van der Waals surface area contributed by atoms with Gasteiger partial charge < -0.3 is 10.6 Å². The first kappa shape index (κ1) is 14.9. The first-order valence-corrected chi connectivity index (χ1v) is 7.58. The molecule has 1 aromatic carbocycles. The molecule has 4 rings (SSSR count). The van der Waals surface area contributed by atoms with Gasteiger partial charge >= 0.3 is 0 Å². The SMILES string of the molecule is NC(=O)c1cc(CN2CCN3CCC2CC3)ccc1[N+](=O)[O-]. The summed E-state index contributed by atoms with van der Waals surface area (Å²) in [4.78, 5) is 26.7. The second-order valence-corrected chi connectivity index (χ2v) is 6.02. The van der Waals surface area contributed by atoms with E-state index in [1.807, 2.05) is 0 Å².